The first kappa shape index (κ1) is 16.7. The summed E-state index contributed by atoms with van der Waals surface area (Å²) in [6.45, 7) is 5.97. The van der Waals surface area contributed by atoms with Crippen LogP contribution in [0.3, 0.4) is 0 Å². The lowest BCUT2D eigenvalue weighted by molar-refractivity contribution is 0.549. The smallest absolute Gasteiger partial charge is 0.212 e. The minimum Gasteiger partial charge on any atom is -0.212 e. The highest BCUT2D eigenvalue weighted by Crippen LogP contribution is 2.19. The zero-order chi connectivity index (χ0) is 16.2. The number of nitrogens with one attached hydrogen (secondary N) is 1. The summed E-state index contributed by atoms with van der Waals surface area (Å²) < 4.78 is 27.6. The summed E-state index contributed by atoms with van der Waals surface area (Å²) in [5.41, 5.74) is 4.05. The van der Waals surface area contributed by atoms with Crippen LogP contribution in [0.25, 0.3) is 0 Å². The van der Waals surface area contributed by atoms with Crippen molar-refractivity contribution in [1.29, 1.82) is 0 Å². The lowest BCUT2D eigenvalue weighted by Gasteiger charge is -2.18. The maximum Gasteiger partial charge on any atom is 0.216 e. The number of rotatable bonds is 6. The van der Waals surface area contributed by atoms with Gasteiger partial charge in [0.15, 0.2) is 0 Å². The van der Waals surface area contributed by atoms with Gasteiger partial charge in [-0.15, -0.1) is 0 Å². The fourth-order valence-corrected chi connectivity index (χ4v) is 3.90. The third kappa shape index (κ3) is 4.68. The molecule has 118 valence electrons. The molecule has 1 N–H and O–H groups in total. The molecule has 2 aromatic rings. The molecular weight excluding hydrogens is 294 g/mol. The predicted molar refractivity (Wildman–Crippen MR) is 91.1 cm³/mol. The highest BCUT2D eigenvalue weighted by atomic mass is 32.2. The molecule has 0 radical (unpaired) electrons. The van der Waals surface area contributed by atoms with E-state index in [-0.39, 0.29) is 11.8 Å². The summed E-state index contributed by atoms with van der Waals surface area (Å²) in [7, 11) is -3.37. The molecule has 0 heterocycles. The summed E-state index contributed by atoms with van der Waals surface area (Å²) >= 11 is 0. The molecular formula is C18H23NO2S. The average molecular weight is 317 g/mol. The molecule has 0 aliphatic carbocycles. The van der Waals surface area contributed by atoms with Gasteiger partial charge in [-0.25, -0.2) is 13.1 Å². The largest absolute Gasteiger partial charge is 0.216 e. The van der Waals surface area contributed by atoms with Gasteiger partial charge in [0, 0.05) is 6.04 Å². The third-order valence-corrected chi connectivity index (χ3v) is 5.01. The molecule has 0 aliphatic rings. The number of hydrogen-bond donors (Lipinski definition) is 1. The van der Waals surface area contributed by atoms with Gasteiger partial charge < -0.3 is 0 Å². The molecule has 0 amide bonds. The van der Waals surface area contributed by atoms with Gasteiger partial charge in [-0.3, -0.25) is 0 Å². The van der Waals surface area contributed by atoms with Gasteiger partial charge in [-0.1, -0.05) is 66.6 Å². The van der Waals surface area contributed by atoms with E-state index in [2.05, 4.69) is 4.72 Å². The van der Waals surface area contributed by atoms with E-state index in [0.717, 1.165) is 23.1 Å². The highest BCUT2D eigenvalue weighted by Gasteiger charge is 2.18. The van der Waals surface area contributed by atoms with Crippen molar-refractivity contribution in [3.8, 4) is 0 Å². The minimum absolute atomic E-state index is 0.0110. The molecule has 0 aliphatic heterocycles. The molecule has 0 saturated carbocycles. The molecule has 2 aromatic carbocycles. The number of hydrogen-bond acceptors (Lipinski definition) is 2. The predicted octanol–water partition coefficient (Wildman–Crippen LogP) is 3.87. The first-order valence-corrected chi connectivity index (χ1v) is 9.17. The standard InChI is InChI=1S/C18H23NO2S/c1-4-18(17-10-8-14(2)9-11-17)19-22(20,21)13-16-7-5-6-15(3)12-16/h5-12,18-19H,4,13H2,1-3H3/t18-/m0/s1. The summed E-state index contributed by atoms with van der Waals surface area (Å²) in [4.78, 5) is 0. The van der Waals surface area contributed by atoms with E-state index in [1.807, 2.05) is 69.3 Å². The Morgan fingerprint density at radius 1 is 1.00 bits per heavy atom. The van der Waals surface area contributed by atoms with Crippen LogP contribution in [0.2, 0.25) is 0 Å². The van der Waals surface area contributed by atoms with Gasteiger partial charge >= 0.3 is 0 Å². The molecule has 0 unspecified atom stereocenters. The molecule has 0 fully saturated rings. The van der Waals surface area contributed by atoms with Crippen LogP contribution in [-0.2, 0) is 15.8 Å². The van der Waals surface area contributed by atoms with E-state index >= 15 is 0 Å². The first-order valence-electron chi connectivity index (χ1n) is 7.52. The van der Waals surface area contributed by atoms with Crippen molar-refractivity contribution in [2.45, 2.75) is 39.0 Å². The van der Waals surface area contributed by atoms with Gasteiger partial charge in [0.05, 0.1) is 5.75 Å². The van der Waals surface area contributed by atoms with Crippen LogP contribution >= 0.6 is 0 Å². The molecule has 4 heteroatoms. The Balaban J connectivity index is 2.13. The Morgan fingerprint density at radius 3 is 2.27 bits per heavy atom. The normalized spacial score (nSPS) is 13.0. The van der Waals surface area contributed by atoms with Gasteiger partial charge in [-0.05, 0) is 31.4 Å². The SMILES string of the molecule is CC[C@H](NS(=O)(=O)Cc1cccc(C)c1)c1ccc(C)cc1. The van der Waals surface area contributed by atoms with Crippen LogP contribution in [0.5, 0.6) is 0 Å². The average Bonchev–Trinajstić information content (AvgIpc) is 2.45. The topological polar surface area (TPSA) is 46.2 Å². The van der Waals surface area contributed by atoms with E-state index in [1.165, 1.54) is 5.56 Å². The Labute approximate surface area is 133 Å². The van der Waals surface area contributed by atoms with E-state index < -0.39 is 10.0 Å². The Hall–Kier alpha value is -1.65. The van der Waals surface area contributed by atoms with E-state index in [0.29, 0.717) is 0 Å². The Kier molecular flexibility index (Phi) is 5.37. The third-order valence-electron chi connectivity index (χ3n) is 3.65. The molecule has 3 nitrogen and oxygen atoms in total. The van der Waals surface area contributed by atoms with Crippen LogP contribution in [0.4, 0.5) is 0 Å². The van der Waals surface area contributed by atoms with E-state index in [9.17, 15) is 8.42 Å². The summed E-state index contributed by atoms with van der Waals surface area (Å²) in [5, 5.41) is 0. The van der Waals surface area contributed by atoms with Crippen molar-refractivity contribution in [2.75, 3.05) is 0 Å². The quantitative estimate of drug-likeness (QED) is 0.879. The van der Waals surface area contributed by atoms with Crippen molar-refractivity contribution in [3.63, 3.8) is 0 Å². The van der Waals surface area contributed by atoms with Crippen molar-refractivity contribution in [3.05, 3.63) is 70.8 Å². The van der Waals surface area contributed by atoms with Crippen molar-refractivity contribution >= 4 is 10.0 Å². The van der Waals surface area contributed by atoms with Crippen LogP contribution < -0.4 is 4.72 Å². The van der Waals surface area contributed by atoms with Crippen LogP contribution in [0.1, 0.15) is 41.6 Å². The summed E-state index contributed by atoms with van der Waals surface area (Å²) in [5.74, 6) is 0.0110. The second-order valence-corrected chi connectivity index (χ2v) is 7.49. The fraction of sp³-hybridized carbons (Fsp3) is 0.333. The van der Waals surface area contributed by atoms with E-state index in [1.54, 1.807) is 0 Å². The molecule has 0 bridgehead atoms. The molecule has 1 atom stereocenters. The van der Waals surface area contributed by atoms with Crippen molar-refractivity contribution < 1.29 is 8.42 Å². The number of benzene rings is 2. The molecule has 22 heavy (non-hydrogen) atoms. The van der Waals surface area contributed by atoms with Crippen molar-refractivity contribution in [2.24, 2.45) is 0 Å². The number of sulfonamides is 1. The molecule has 0 aromatic heterocycles. The highest BCUT2D eigenvalue weighted by molar-refractivity contribution is 7.88. The van der Waals surface area contributed by atoms with Crippen LogP contribution in [0.15, 0.2) is 48.5 Å². The van der Waals surface area contributed by atoms with Gasteiger partial charge in [0.2, 0.25) is 10.0 Å². The number of aryl methyl sites for hydroxylation is 2. The lowest BCUT2D eigenvalue weighted by atomic mass is 10.0. The van der Waals surface area contributed by atoms with Crippen LogP contribution in [-0.4, -0.2) is 8.42 Å². The second-order valence-electron chi connectivity index (χ2n) is 5.74. The second kappa shape index (κ2) is 7.07. The zero-order valence-corrected chi connectivity index (χ0v) is 14.2. The monoisotopic (exact) mass is 317 g/mol. The van der Waals surface area contributed by atoms with Crippen molar-refractivity contribution in [1.82, 2.24) is 4.72 Å². The first-order chi connectivity index (χ1) is 10.4. The molecule has 0 spiro atoms. The Morgan fingerprint density at radius 2 is 1.68 bits per heavy atom. The van der Waals surface area contributed by atoms with Gasteiger partial charge in [0.1, 0.15) is 0 Å². The molecule has 0 saturated heterocycles. The summed E-state index contributed by atoms with van der Waals surface area (Å²) in [6.07, 6.45) is 0.718. The van der Waals surface area contributed by atoms with E-state index in [4.69, 9.17) is 0 Å². The minimum atomic E-state index is -3.37. The van der Waals surface area contributed by atoms with Gasteiger partial charge in [-0.2, -0.15) is 0 Å². The Bertz CT molecular complexity index is 721. The van der Waals surface area contributed by atoms with Crippen LogP contribution in [0, 0.1) is 13.8 Å². The van der Waals surface area contributed by atoms with Gasteiger partial charge in [0.25, 0.3) is 0 Å². The zero-order valence-electron chi connectivity index (χ0n) is 13.3. The maximum atomic E-state index is 12.4. The fourth-order valence-electron chi connectivity index (χ4n) is 2.47. The maximum absolute atomic E-state index is 12.4. The lowest BCUT2D eigenvalue weighted by Crippen LogP contribution is -2.29. The molecule has 2 rings (SSSR count). The summed E-state index contributed by atoms with van der Waals surface area (Å²) in [6, 6.07) is 15.4.